The zero-order valence-corrected chi connectivity index (χ0v) is 9.94. The Morgan fingerprint density at radius 3 is 2.64 bits per heavy atom. The number of rotatable bonds is 2. The maximum Gasteiger partial charge on any atom is 0.165 e. The fourth-order valence-electron chi connectivity index (χ4n) is 1.56. The van der Waals surface area contributed by atoms with Crippen LogP contribution in [0, 0.1) is 5.92 Å². The van der Waals surface area contributed by atoms with Crippen LogP contribution in [0.4, 0.5) is 0 Å². The third-order valence-electron chi connectivity index (χ3n) is 2.68. The third kappa shape index (κ3) is 1.86. The normalized spacial score (nSPS) is 16.4. The van der Waals surface area contributed by atoms with E-state index in [9.17, 15) is 4.79 Å². The van der Waals surface area contributed by atoms with E-state index in [4.69, 9.17) is 11.6 Å². The molecule has 0 saturated heterocycles. The molecular formula is C11H10BrClO. The summed E-state index contributed by atoms with van der Waals surface area (Å²) in [6.07, 6.45) is 3.27. The molecule has 1 saturated carbocycles. The minimum absolute atomic E-state index is 0.253. The maximum atomic E-state index is 11.8. The van der Waals surface area contributed by atoms with E-state index in [1.54, 1.807) is 12.1 Å². The minimum atomic E-state index is 0.253. The zero-order chi connectivity index (χ0) is 10.1. The first-order chi connectivity index (χ1) is 6.68. The fraction of sp³-hybridized carbons (Fsp3) is 0.364. The van der Waals surface area contributed by atoms with Gasteiger partial charge in [0.1, 0.15) is 0 Å². The molecule has 0 N–H and O–H groups in total. The molecule has 0 atom stereocenters. The number of benzene rings is 1. The number of hydrogen-bond acceptors (Lipinski definition) is 1. The lowest BCUT2D eigenvalue weighted by atomic mass is 9.80. The number of ketones is 1. The molecule has 0 radical (unpaired) electrons. The van der Waals surface area contributed by atoms with Crippen LogP contribution in [-0.2, 0) is 0 Å². The number of Topliss-reactive ketones (excluding diaryl/α,β-unsaturated/α-hetero) is 1. The number of carbonyl (C=O) groups excluding carboxylic acids is 1. The molecular weight excluding hydrogens is 263 g/mol. The molecule has 1 aromatic carbocycles. The van der Waals surface area contributed by atoms with Crippen LogP contribution in [0.25, 0.3) is 0 Å². The van der Waals surface area contributed by atoms with Gasteiger partial charge >= 0.3 is 0 Å². The third-order valence-corrected chi connectivity index (χ3v) is 3.89. The van der Waals surface area contributed by atoms with Crippen LogP contribution in [0.3, 0.4) is 0 Å². The van der Waals surface area contributed by atoms with Crippen molar-refractivity contribution in [2.45, 2.75) is 19.3 Å². The van der Waals surface area contributed by atoms with Crippen LogP contribution in [0.15, 0.2) is 22.7 Å². The summed E-state index contributed by atoms with van der Waals surface area (Å²) >= 11 is 9.17. The van der Waals surface area contributed by atoms with Crippen LogP contribution in [0.1, 0.15) is 29.6 Å². The van der Waals surface area contributed by atoms with Crippen LogP contribution >= 0.6 is 27.5 Å². The smallest absolute Gasteiger partial charge is 0.165 e. The van der Waals surface area contributed by atoms with Crippen molar-refractivity contribution in [3.05, 3.63) is 33.3 Å². The molecule has 1 aliphatic rings. The van der Waals surface area contributed by atoms with E-state index in [-0.39, 0.29) is 11.7 Å². The predicted molar refractivity (Wildman–Crippen MR) is 60.8 cm³/mol. The molecule has 1 fully saturated rings. The number of hydrogen-bond donors (Lipinski definition) is 0. The molecule has 0 bridgehead atoms. The average Bonchev–Trinajstić information content (AvgIpc) is 2.06. The van der Waals surface area contributed by atoms with Gasteiger partial charge in [0.15, 0.2) is 5.78 Å². The molecule has 3 heteroatoms. The first-order valence-electron chi connectivity index (χ1n) is 4.68. The molecule has 74 valence electrons. The van der Waals surface area contributed by atoms with Gasteiger partial charge in [-0.15, -0.1) is 0 Å². The van der Waals surface area contributed by atoms with Crippen molar-refractivity contribution >= 4 is 33.3 Å². The van der Waals surface area contributed by atoms with Crippen LogP contribution < -0.4 is 0 Å². The molecule has 0 amide bonds. The largest absolute Gasteiger partial charge is 0.294 e. The van der Waals surface area contributed by atoms with Gasteiger partial charge in [0.25, 0.3) is 0 Å². The van der Waals surface area contributed by atoms with Crippen molar-refractivity contribution in [1.29, 1.82) is 0 Å². The molecule has 1 aromatic rings. The van der Waals surface area contributed by atoms with Gasteiger partial charge in [-0.2, -0.15) is 0 Å². The molecule has 0 heterocycles. The van der Waals surface area contributed by atoms with E-state index in [0.29, 0.717) is 5.02 Å². The summed E-state index contributed by atoms with van der Waals surface area (Å²) in [4.78, 5) is 11.8. The van der Waals surface area contributed by atoms with Gasteiger partial charge in [-0.05, 0) is 47.0 Å². The molecule has 0 unspecified atom stereocenters. The van der Waals surface area contributed by atoms with E-state index in [0.717, 1.165) is 22.9 Å². The Labute approximate surface area is 96.6 Å². The summed E-state index contributed by atoms with van der Waals surface area (Å²) in [6, 6.07) is 5.37. The molecule has 1 nitrogen and oxygen atoms in total. The second kappa shape index (κ2) is 4.03. The molecule has 0 spiro atoms. The van der Waals surface area contributed by atoms with Crippen LogP contribution in [0.2, 0.25) is 5.02 Å². The second-order valence-electron chi connectivity index (χ2n) is 3.62. The predicted octanol–water partition coefficient (Wildman–Crippen LogP) is 4.09. The average molecular weight is 274 g/mol. The first-order valence-corrected chi connectivity index (χ1v) is 5.85. The zero-order valence-electron chi connectivity index (χ0n) is 7.59. The van der Waals surface area contributed by atoms with Crippen molar-refractivity contribution in [1.82, 2.24) is 0 Å². The fourth-order valence-corrected chi connectivity index (χ4v) is 2.05. The van der Waals surface area contributed by atoms with Gasteiger partial charge < -0.3 is 0 Å². The SMILES string of the molecule is O=C(c1ccc(Cl)c(Br)c1)C1CCC1. The summed E-state index contributed by atoms with van der Waals surface area (Å²) in [5.41, 5.74) is 0.769. The Balaban J connectivity index is 2.23. The lowest BCUT2D eigenvalue weighted by Crippen LogP contribution is -2.21. The first kappa shape index (κ1) is 10.2. The second-order valence-corrected chi connectivity index (χ2v) is 4.88. The van der Waals surface area contributed by atoms with Gasteiger partial charge in [-0.1, -0.05) is 18.0 Å². The Morgan fingerprint density at radius 2 is 2.14 bits per heavy atom. The lowest BCUT2D eigenvalue weighted by Gasteiger charge is -2.23. The van der Waals surface area contributed by atoms with E-state index in [1.165, 1.54) is 6.42 Å². The van der Waals surface area contributed by atoms with Crippen molar-refractivity contribution in [3.63, 3.8) is 0 Å². The Morgan fingerprint density at radius 1 is 1.43 bits per heavy atom. The van der Waals surface area contributed by atoms with Gasteiger partial charge in [-0.3, -0.25) is 4.79 Å². The van der Waals surface area contributed by atoms with Crippen LogP contribution in [0.5, 0.6) is 0 Å². The van der Waals surface area contributed by atoms with E-state index in [2.05, 4.69) is 15.9 Å². The molecule has 2 rings (SSSR count). The summed E-state index contributed by atoms with van der Waals surface area (Å²) < 4.78 is 0.796. The van der Waals surface area contributed by atoms with Crippen LogP contribution in [-0.4, -0.2) is 5.78 Å². The van der Waals surface area contributed by atoms with E-state index < -0.39 is 0 Å². The topological polar surface area (TPSA) is 17.1 Å². The van der Waals surface area contributed by atoms with E-state index >= 15 is 0 Å². The molecule has 0 aliphatic heterocycles. The highest BCUT2D eigenvalue weighted by atomic mass is 79.9. The highest BCUT2D eigenvalue weighted by molar-refractivity contribution is 9.10. The van der Waals surface area contributed by atoms with Crippen molar-refractivity contribution in [2.75, 3.05) is 0 Å². The Bertz CT molecular complexity index is 372. The standard InChI is InChI=1S/C11H10BrClO/c12-9-6-8(4-5-10(9)13)11(14)7-2-1-3-7/h4-7H,1-3H2. The summed E-state index contributed by atoms with van der Waals surface area (Å²) in [7, 11) is 0. The lowest BCUT2D eigenvalue weighted by molar-refractivity contribution is 0.0855. The number of carbonyl (C=O) groups is 1. The molecule has 1 aliphatic carbocycles. The summed E-state index contributed by atoms with van der Waals surface area (Å²) in [6.45, 7) is 0. The summed E-state index contributed by atoms with van der Waals surface area (Å²) in [5, 5.41) is 0.648. The summed E-state index contributed by atoms with van der Waals surface area (Å²) in [5.74, 6) is 0.511. The highest BCUT2D eigenvalue weighted by Gasteiger charge is 2.26. The maximum absolute atomic E-state index is 11.8. The van der Waals surface area contributed by atoms with Gasteiger partial charge in [-0.25, -0.2) is 0 Å². The van der Waals surface area contributed by atoms with Crippen molar-refractivity contribution in [2.24, 2.45) is 5.92 Å². The van der Waals surface area contributed by atoms with Gasteiger partial charge in [0, 0.05) is 16.0 Å². The van der Waals surface area contributed by atoms with Gasteiger partial charge in [0.2, 0.25) is 0 Å². The Kier molecular flexibility index (Phi) is 2.93. The van der Waals surface area contributed by atoms with Crippen molar-refractivity contribution < 1.29 is 4.79 Å². The monoisotopic (exact) mass is 272 g/mol. The minimum Gasteiger partial charge on any atom is -0.294 e. The quantitative estimate of drug-likeness (QED) is 0.742. The number of halogens is 2. The Hall–Kier alpha value is -0.340. The molecule has 14 heavy (non-hydrogen) atoms. The van der Waals surface area contributed by atoms with E-state index in [1.807, 2.05) is 6.07 Å². The van der Waals surface area contributed by atoms with Crippen molar-refractivity contribution in [3.8, 4) is 0 Å². The molecule has 0 aromatic heterocycles. The van der Waals surface area contributed by atoms with Gasteiger partial charge in [0.05, 0.1) is 5.02 Å². The highest BCUT2D eigenvalue weighted by Crippen LogP contribution is 2.31.